The van der Waals surface area contributed by atoms with Crippen LogP contribution in [0.2, 0.25) is 25.7 Å². The molecule has 2 aromatic heterocycles. The van der Waals surface area contributed by atoms with Crippen molar-refractivity contribution in [2.24, 2.45) is 0 Å². The Morgan fingerprint density at radius 1 is 1.09 bits per heavy atom. The molecule has 226 valence electrons. The first-order chi connectivity index (χ1) is 20.7. The molecule has 0 amide bonds. The maximum absolute atomic E-state index is 14.4. The first kappa shape index (κ1) is 30.3. The molecule has 5 rings (SSSR count). The molecule has 0 spiro atoms. The molecule has 4 aromatic rings. The topological polar surface area (TPSA) is 103 Å². The van der Waals surface area contributed by atoms with Crippen molar-refractivity contribution in [1.29, 1.82) is 0 Å². The molecule has 43 heavy (non-hydrogen) atoms. The number of rotatable bonds is 12. The molecule has 1 aliphatic rings. The zero-order valence-electron chi connectivity index (χ0n) is 24.8. The highest BCUT2D eigenvalue weighted by atomic mass is 28.3. The molecule has 0 bridgehead atoms. The quantitative estimate of drug-likeness (QED) is 0.105. The Labute approximate surface area is 252 Å². The van der Waals surface area contributed by atoms with Gasteiger partial charge in [0.2, 0.25) is 0 Å². The van der Waals surface area contributed by atoms with Crippen molar-refractivity contribution in [3.63, 3.8) is 0 Å². The van der Waals surface area contributed by atoms with Gasteiger partial charge in [0.05, 0.1) is 24.6 Å². The lowest BCUT2D eigenvalue weighted by Gasteiger charge is -2.23. The Kier molecular flexibility index (Phi) is 9.45. The molecule has 2 aromatic carbocycles. The predicted molar refractivity (Wildman–Crippen MR) is 165 cm³/mol. The summed E-state index contributed by atoms with van der Waals surface area (Å²) >= 11 is 0. The monoisotopic (exact) mass is 604 g/mol. The summed E-state index contributed by atoms with van der Waals surface area (Å²) in [5.74, 6) is 0.986. The second-order valence-electron chi connectivity index (χ2n) is 11.7. The fraction of sp³-hybridized carbons (Fsp3) is 0.387. The smallest absolute Gasteiger partial charge is 0.254 e. The number of aromatic nitrogens is 4. The molecular formula is C31H37FN6O4Si. The largest absolute Gasteiger partial charge is 0.487 e. The molecule has 1 aliphatic heterocycles. The highest BCUT2D eigenvalue weighted by molar-refractivity contribution is 6.76. The molecule has 0 unspecified atom stereocenters. The van der Waals surface area contributed by atoms with Crippen LogP contribution in [-0.4, -0.2) is 47.2 Å². The van der Waals surface area contributed by atoms with Crippen LogP contribution in [0.4, 0.5) is 15.9 Å². The molecule has 0 aliphatic carbocycles. The van der Waals surface area contributed by atoms with Gasteiger partial charge in [0, 0.05) is 52.3 Å². The number of hydrogen-bond donors (Lipinski definition) is 1. The maximum atomic E-state index is 14.4. The summed E-state index contributed by atoms with van der Waals surface area (Å²) in [4.78, 5) is 8.00. The van der Waals surface area contributed by atoms with Gasteiger partial charge in [-0.2, -0.15) is 5.10 Å². The van der Waals surface area contributed by atoms with E-state index in [-0.39, 0.29) is 12.6 Å². The lowest BCUT2D eigenvalue weighted by molar-refractivity contribution is 0.0669. The molecular weight excluding hydrogens is 567 g/mol. The van der Waals surface area contributed by atoms with Gasteiger partial charge in [0.15, 0.2) is 0 Å². The van der Waals surface area contributed by atoms with E-state index >= 15 is 0 Å². The van der Waals surface area contributed by atoms with Crippen molar-refractivity contribution >= 4 is 19.6 Å². The molecule has 10 nitrogen and oxygen atoms in total. The molecule has 0 radical (unpaired) electrons. The SMILES string of the molecule is [C-]#[N+]c1c(-c2ccc(Oc3cc(F)cc(OCc4cn(COCC[Si](C)(C)C)cn4)c3)cc2)nn(C2CCOCC2)c1N. The second-order valence-corrected chi connectivity index (χ2v) is 17.4. The van der Waals surface area contributed by atoms with E-state index in [0.29, 0.717) is 60.1 Å². The number of halogens is 1. The number of nitrogens with zero attached hydrogens (tertiary/aromatic N) is 5. The average molecular weight is 605 g/mol. The molecule has 2 N–H and O–H groups in total. The van der Waals surface area contributed by atoms with Gasteiger partial charge in [-0.05, 0) is 36.6 Å². The number of nitrogens with two attached hydrogens (primary N) is 1. The van der Waals surface area contributed by atoms with Crippen LogP contribution in [0, 0.1) is 12.4 Å². The Morgan fingerprint density at radius 3 is 2.56 bits per heavy atom. The van der Waals surface area contributed by atoms with Crippen molar-refractivity contribution < 1.29 is 23.3 Å². The number of benzene rings is 2. The first-order valence-corrected chi connectivity index (χ1v) is 18.0. The average Bonchev–Trinajstić information content (AvgIpc) is 3.58. The molecule has 0 atom stereocenters. The van der Waals surface area contributed by atoms with E-state index in [1.165, 1.54) is 12.1 Å². The molecule has 3 heterocycles. The normalized spacial score (nSPS) is 14.0. The second kappa shape index (κ2) is 13.4. The van der Waals surface area contributed by atoms with Gasteiger partial charge in [-0.25, -0.2) is 14.2 Å². The zero-order chi connectivity index (χ0) is 30.4. The standard InChI is InChI=1S/C31H37FN6O4Si/c1-34-30-29(36-38(31(30)33)25-9-11-39-12-10-25)22-5-7-26(8-6-22)42-28-16-23(32)15-27(17-28)41-19-24-18-37(20-35-24)21-40-13-14-43(2,3)4/h5-8,15-18,20,25H,9-14,19,21,33H2,2-4H3. The molecule has 1 fully saturated rings. The van der Waals surface area contributed by atoms with Gasteiger partial charge in [-0.1, -0.05) is 31.8 Å². The molecule has 0 saturated carbocycles. The van der Waals surface area contributed by atoms with Crippen molar-refractivity contribution in [3.05, 3.63) is 77.9 Å². The van der Waals surface area contributed by atoms with Crippen LogP contribution in [0.1, 0.15) is 24.6 Å². The fourth-order valence-corrected chi connectivity index (χ4v) is 5.46. The van der Waals surface area contributed by atoms with E-state index in [2.05, 4.69) is 34.6 Å². The Balaban J connectivity index is 1.20. The van der Waals surface area contributed by atoms with Crippen LogP contribution >= 0.6 is 0 Å². The summed E-state index contributed by atoms with van der Waals surface area (Å²) in [6, 6.07) is 12.5. The van der Waals surface area contributed by atoms with E-state index in [4.69, 9.17) is 31.3 Å². The summed E-state index contributed by atoms with van der Waals surface area (Å²) in [6.07, 6.45) is 5.15. The lowest BCUT2D eigenvalue weighted by Crippen LogP contribution is -2.21. The first-order valence-electron chi connectivity index (χ1n) is 14.3. The number of imidazole rings is 1. The van der Waals surface area contributed by atoms with Crippen molar-refractivity contribution in [1.82, 2.24) is 19.3 Å². The highest BCUT2D eigenvalue weighted by Crippen LogP contribution is 2.39. The maximum Gasteiger partial charge on any atom is 0.254 e. The van der Waals surface area contributed by atoms with E-state index < -0.39 is 13.9 Å². The third-order valence-electron chi connectivity index (χ3n) is 7.09. The Bertz CT molecular complexity index is 1570. The summed E-state index contributed by atoms with van der Waals surface area (Å²) in [5.41, 5.74) is 8.59. The fourth-order valence-electron chi connectivity index (χ4n) is 4.70. The van der Waals surface area contributed by atoms with Gasteiger partial charge in [-0.15, -0.1) is 0 Å². The van der Waals surface area contributed by atoms with Crippen molar-refractivity contribution in [2.45, 2.75) is 57.9 Å². The van der Waals surface area contributed by atoms with Crippen molar-refractivity contribution in [2.75, 3.05) is 25.6 Å². The highest BCUT2D eigenvalue weighted by Gasteiger charge is 2.24. The summed E-state index contributed by atoms with van der Waals surface area (Å²) in [5, 5.41) is 4.69. The van der Waals surface area contributed by atoms with E-state index in [1.54, 1.807) is 29.2 Å². The minimum Gasteiger partial charge on any atom is -0.487 e. The number of anilines is 1. The van der Waals surface area contributed by atoms with Gasteiger partial charge >= 0.3 is 0 Å². The number of ether oxygens (including phenoxy) is 4. The van der Waals surface area contributed by atoms with Crippen LogP contribution in [0.3, 0.4) is 0 Å². The van der Waals surface area contributed by atoms with Gasteiger partial charge in [-0.3, -0.25) is 4.68 Å². The minimum absolute atomic E-state index is 0.101. The van der Waals surface area contributed by atoms with Crippen LogP contribution in [0.25, 0.3) is 16.1 Å². The predicted octanol–water partition coefficient (Wildman–Crippen LogP) is 7.05. The third kappa shape index (κ3) is 8.01. The lowest BCUT2D eigenvalue weighted by atomic mass is 10.1. The van der Waals surface area contributed by atoms with E-state index in [1.807, 2.05) is 22.9 Å². The number of hydrogen-bond acceptors (Lipinski definition) is 7. The third-order valence-corrected chi connectivity index (χ3v) is 8.79. The van der Waals surface area contributed by atoms with E-state index in [9.17, 15) is 4.39 Å². The van der Waals surface area contributed by atoms with Crippen LogP contribution in [0.5, 0.6) is 17.2 Å². The number of nitrogen functional groups attached to an aromatic ring is 1. The summed E-state index contributed by atoms with van der Waals surface area (Å²) in [6.45, 7) is 17.2. The van der Waals surface area contributed by atoms with Crippen LogP contribution in [0.15, 0.2) is 55.0 Å². The summed E-state index contributed by atoms with van der Waals surface area (Å²) < 4.78 is 41.0. The van der Waals surface area contributed by atoms with Crippen molar-refractivity contribution in [3.8, 4) is 28.5 Å². The zero-order valence-corrected chi connectivity index (χ0v) is 25.8. The van der Waals surface area contributed by atoms with Gasteiger partial charge < -0.3 is 29.2 Å². The Hall–Kier alpha value is -4.18. The molecule has 1 saturated heterocycles. The van der Waals surface area contributed by atoms with Crippen LogP contribution in [-0.2, 0) is 22.8 Å². The Morgan fingerprint density at radius 2 is 1.84 bits per heavy atom. The summed E-state index contributed by atoms with van der Waals surface area (Å²) in [7, 11) is -1.13. The van der Waals surface area contributed by atoms with E-state index in [0.717, 1.165) is 31.1 Å². The minimum atomic E-state index is -1.13. The molecule has 12 heteroatoms. The van der Waals surface area contributed by atoms with Gasteiger partial charge in [0.1, 0.15) is 47.9 Å². The van der Waals surface area contributed by atoms with Gasteiger partial charge in [0.25, 0.3) is 5.69 Å². The van der Waals surface area contributed by atoms with Crippen LogP contribution < -0.4 is 15.2 Å².